The maximum atomic E-state index is 9.85. The molecule has 1 fully saturated rings. The Labute approximate surface area is 37.2 Å². The Balaban J connectivity index is 2.01. The van der Waals surface area contributed by atoms with E-state index in [9.17, 15) is 5.11 Å². The molecule has 2 nitrogen and oxygen atoms in total. The Bertz CT molecular complexity index is 40.1. The van der Waals surface area contributed by atoms with Crippen molar-refractivity contribution >= 4 is 0 Å². The van der Waals surface area contributed by atoms with Gasteiger partial charge in [-0.15, -0.1) is 0 Å². The molecule has 0 aromatic rings. The van der Waals surface area contributed by atoms with Gasteiger partial charge in [-0.2, -0.15) is 0 Å². The van der Waals surface area contributed by atoms with Crippen molar-refractivity contribution in [2.24, 2.45) is 0 Å². The third-order valence-electron chi connectivity index (χ3n) is 1.13. The standard InChI is InChI=1S/C4H8NO/c6-3-4-1-2-5-4/h4-5H,1-3H2. The molecule has 0 aliphatic carbocycles. The van der Waals surface area contributed by atoms with Crippen LogP contribution >= 0.6 is 0 Å². The summed E-state index contributed by atoms with van der Waals surface area (Å²) in [6, 6.07) is 0.310. The quantitative estimate of drug-likeness (QED) is 0.470. The zero-order chi connectivity index (χ0) is 4.41. The zero-order valence-electron chi connectivity index (χ0n) is 3.61. The van der Waals surface area contributed by atoms with Gasteiger partial charge < -0.3 is 5.32 Å². The highest BCUT2D eigenvalue weighted by molar-refractivity contribution is 4.75. The molecule has 1 atom stereocenters. The van der Waals surface area contributed by atoms with Gasteiger partial charge in [-0.1, -0.05) is 0 Å². The van der Waals surface area contributed by atoms with Crippen LogP contribution in [0.1, 0.15) is 6.42 Å². The molecule has 0 bridgehead atoms. The van der Waals surface area contributed by atoms with Crippen molar-refractivity contribution in [3.8, 4) is 0 Å². The highest BCUT2D eigenvalue weighted by Crippen LogP contribution is 1.98. The molecular weight excluding hydrogens is 78.0 g/mol. The average Bonchev–Trinajstić information content (AvgIpc) is 1.31. The summed E-state index contributed by atoms with van der Waals surface area (Å²) < 4.78 is 0. The highest BCUT2D eigenvalue weighted by Gasteiger charge is 2.13. The van der Waals surface area contributed by atoms with Crippen LogP contribution in [0.4, 0.5) is 0 Å². The predicted octanol–water partition coefficient (Wildman–Crippen LogP) is -0.221. The van der Waals surface area contributed by atoms with E-state index in [1.165, 1.54) is 0 Å². The van der Waals surface area contributed by atoms with Gasteiger partial charge in [0.1, 0.15) is 0 Å². The summed E-state index contributed by atoms with van der Waals surface area (Å²) in [5.74, 6) is 0. The molecule has 2 heteroatoms. The van der Waals surface area contributed by atoms with E-state index in [1.807, 2.05) is 0 Å². The first-order valence-electron chi connectivity index (χ1n) is 2.25. The smallest absolute Gasteiger partial charge is 0.0975 e. The molecule has 1 aliphatic heterocycles. The molecule has 1 aliphatic rings. The van der Waals surface area contributed by atoms with Gasteiger partial charge in [0.2, 0.25) is 0 Å². The van der Waals surface area contributed by atoms with Gasteiger partial charge in [-0.05, 0) is 13.0 Å². The molecule has 1 radical (unpaired) electrons. The number of hydrogen-bond acceptors (Lipinski definition) is 1. The summed E-state index contributed by atoms with van der Waals surface area (Å²) in [4.78, 5) is 0. The second-order valence-electron chi connectivity index (χ2n) is 1.61. The maximum Gasteiger partial charge on any atom is 0.0975 e. The van der Waals surface area contributed by atoms with E-state index >= 15 is 0 Å². The van der Waals surface area contributed by atoms with Crippen molar-refractivity contribution in [2.45, 2.75) is 12.5 Å². The van der Waals surface area contributed by atoms with Crippen LogP contribution in [0.3, 0.4) is 0 Å². The summed E-state index contributed by atoms with van der Waals surface area (Å²) in [6.45, 7) is 1.10. The lowest BCUT2D eigenvalue weighted by molar-refractivity contribution is 0.130. The first-order chi connectivity index (χ1) is 2.93. The van der Waals surface area contributed by atoms with E-state index in [-0.39, 0.29) is 6.61 Å². The Kier molecular flexibility index (Phi) is 1.08. The van der Waals surface area contributed by atoms with Crippen molar-refractivity contribution in [1.29, 1.82) is 0 Å². The zero-order valence-corrected chi connectivity index (χ0v) is 3.61. The molecule has 0 aromatic heterocycles. The largest absolute Gasteiger partial charge is 0.311 e. The minimum Gasteiger partial charge on any atom is -0.311 e. The topological polar surface area (TPSA) is 31.9 Å². The van der Waals surface area contributed by atoms with Crippen LogP contribution in [-0.2, 0) is 5.11 Å². The number of rotatable bonds is 1. The fraction of sp³-hybridized carbons (Fsp3) is 1.00. The second-order valence-corrected chi connectivity index (χ2v) is 1.61. The molecule has 1 unspecified atom stereocenters. The Morgan fingerprint density at radius 3 is 2.50 bits per heavy atom. The fourth-order valence-electron chi connectivity index (χ4n) is 0.491. The van der Waals surface area contributed by atoms with Crippen LogP contribution in [-0.4, -0.2) is 19.2 Å². The Hall–Kier alpha value is -0.0800. The van der Waals surface area contributed by atoms with Crippen LogP contribution in [0.15, 0.2) is 0 Å². The number of hydrogen-bond donors (Lipinski definition) is 1. The lowest BCUT2D eigenvalue weighted by Gasteiger charge is -2.23. The lowest BCUT2D eigenvalue weighted by Crippen LogP contribution is -2.44. The molecule has 1 saturated heterocycles. The van der Waals surface area contributed by atoms with Gasteiger partial charge in [0.25, 0.3) is 0 Å². The van der Waals surface area contributed by atoms with E-state index in [2.05, 4.69) is 5.32 Å². The van der Waals surface area contributed by atoms with Gasteiger partial charge >= 0.3 is 0 Å². The summed E-state index contributed by atoms with van der Waals surface area (Å²) in [7, 11) is 0. The van der Waals surface area contributed by atoms with Gasteiger partial charge in [-0.25, -0.2) is 5.11 Å². The third kappa shape index (κ3) is 0.533. The van der Waals surface area contributed by atoms with E-state index < -0.39 is 0 Å². The fourth-order valence-corrected chi connectivity index (χ4v) is 0.491. The summed E-state index contributed by atoms with van der Waals surface area (Å²) in [5, 5.41) is 12.8. The summed E-state index contributed by atoms with van der Waals surface area (Å²) in [6.07, 6.45) is 1.09. The van der Waals surface area contributed by atoms with Crippen molar-refractivity contribution in [1.82, 2.24) is 5.32 Å². The normalized spacial score (nSPS) is 32.5. The van der Waals surface area contributed by atoms with Crippen LogP contribution in [0.25, 0.3) is 0 Å². The molecule has 0 saturated carbocycles. The molecule has 1 rings (SSSR count). The minimum atomic E-state index is 0.0556. The molecule has 0 spiro atoms. The molecule has 35 valence electrons. The molecular formula is C4H8NO. The maximum absolute atomic E-state index is 9.85. The first-order valence-corrected chi connectivity index (χ1v) is 2.25. The minimum absolute atomic E-state index is 0.0556. The monoisotopic (exact) mass is 86.1 g/mol. The van der Waals surface area contributed by atoms with Gasteiger partial charge in [0, 0.05) is 6.04 Å². The van der Waals surface area contributed by atoms with E-state index in [1.54, 1.807) is 0 Å². The Morgan fingerprint density at radius 2 is 2.50 bits per heavy atom. The van der Waals surface area contributed by atoms with E-state index in [0.717, 1.165) is 13.0 Å². The molecule has 6 heavy (non-hydrogen) atoms. The van der Waals surface area contributed by atoms with Crippen LogP contribution < -0.4 is 5.32 Å². The predicted molar refractivity (Wildman–Crippen MR) is 22.0 cm³/mol. The van der Waals surface area contributed by atoms with Crippen LogP contribution in [0, 0.1) is 0 Å². The molecule has 1 heterocycles. The summed E-state index contributed by atoms with van der Waals surface area (Å²) >= 11 is 0. The van der Waals surface area contributed by atoms with Gasteiger partial charge in [-0.3, -0.25) is 0 Å². The summed E-state index contributed by atoms with van der Waals surface area (Å²) in [5.41, 5.74) is 0. The van der Waals surface area contributed by atoms with Crippen molar-refractivity contribution < 1.29 is 5.11 Å². The molecule has 0 amide bonds. The van der Waals surface area contributed by atoms with Gasteiger partial charge in [0.15, 0.2) is 0 Å². The number of nitrogens with one attached hydrogen (secondary N) is 1. The Morgan fingerprint density at radius 1 is 1.83 bits per heavy atom. The molecule has 0 aromatic carbocycles. The molecule has 1 N–H and O–H groups in total. The SMILES string of the molecule is [O]CC1CCN1. The van der Waals surface area contributed by atoms with Crippen LogP contribution in [0.5, 0.6) is 0 Å². The van der Waals surface area contributed by atoms with Gasteiger partial charge in [0.05, 0.1) is 6.61 Å². The van der Waals surface area contributed by atoms with Crippen molar-refractivity contribution in [3.63, 3.8) is 0 Å². The van der Waals surface area contributed by atoms with E-state index in [4.69, 9.17) is 0 Å². The second kappa shape index (κ2) is 1.58. The van der Waals surface area contributed by atoms with Crippen molar-refractivity contribution in [2.75, 3.05) is 13.2 Å². The van der Waals surface area contributed by atoms with Crippen LogP contribution in [0.2, 0.25) is 0 Å². The average molecular weight is 86.1 g/mol. The van der Waals surface area contributed by atoms with E-state index in [0.29, 0.717) is 6.04 Å². The van der Waals surface area contributed by atoms with Crippen molar-refractivity contribution in [3.05, 3.63) is 0 Å². The highest BCUT2D eigenvalue weighted by atomic mass is 16.3. The lowest BCUT2D eigenvalue weighted by atomic mass is 10.1. The first kappa shape index (κ1) is 4.09. The third-order valence-corrected chi connectivity index (χ3v) is 1.13.